The Bertz CT molecular complexity index is 259. The first-order valence-corrected chi connectivity index (χ1v) is 4.50. The van der Waals surface area contributed by atoms with Gasteiger partial charge in [0.2, 0.25) is 0 Å². The van der Waals surface area contributed by atoms with Crippen molar-refractivity contribution in [3.8, 4) is 0 Å². The molecule has 1 aliphatic carbocycles. The van der Waals surface area contributed by atoms with E-state index >= 15 is 0 Å². The standard InChI is InChI=1S/C11H16O2/c1-9(12)13-8-10-5-4-6-11(2,3)7-10/h4-6H,7-8H2,1-3H3. The third-order valence-corrected chi connectivity index (χ3v) is 2.02. The zero-order chi connectivity index (χ0) is 9.90. The van der Waals surface area contributed by atoms with E-state index in [1.54, 1.807) is 0 Å². The molecule has 1 rings (SSSR count). The zero-order valence-corrected chi connectivity index (χ0v) is 8.46. The van der Waals surface area contributed by atoms with Crippen LogP contribution >= 0.6 is 0 Å². The predicted molar refractivity (Wildman–Crippen MR) is 52.3 cm³/mol. The maximum Gasteiger partial charge on any atom is 0.302 e. The second-order valence-corrected chi connectivity index (χ2v) is 4.13. The highest BCUT2D eigenvalue weighted by molar-refractivity contribution is 5.66. The maximum atomic E-state index is 10.6. The van der Waals surface area contributed by atoms with Crippen LogP contribution in [0.3, 0.4) is 0 Å². The number of hydrogen-bond donors (Lipinski definition) is 0. The van der Waals surface area contributed by atoms with Crippen LogP contribution in [0.1, 0.15) is 27.2 Å². The summed E-state index contributed by atoms with van der Waals surface area (Å²) in [5, 5.41) is 0. The normalized spacial score (nSPS) is 19.5. The topological polar surface area (TPSA) is 26.3 Å². The maximum absolute atomic E-state index is 10.6. The molecule has 0 spiro atoms. The van der Waals surface area contributed by atoms with Gasteiger partial charge in [-0.15, -0.1) is 0 Å². The summed E-state index contributed by atoms with van der Waals surface area (Å²) in [5.74, 6) is -0.215. The van der Waals surface area contributed by atoms with Crippen LogP contribution in [-0.4, -0.2) is 12.6 Å². The highest BCUT2D eigenvalue weighted by atomic mass is 16.5. The van der Waals surface area contributed by atoms with E-state index < -0.39 is 0 Å². The van der Waals surface area contributed by atoms with Crippen molar-refractivity contribution >= 4 is 5.97 Å². The molecular weight excluding hydrogens is 164 g/mol. The molecule has 0 atom stereocenters. The number of esters is 1. The summed E-state index contributed by atoms with van der Waals surface area (Å²) in [6.45, 7) is 6.21. The van der Waals surface area contributed by atoms with Crippen LogP contribution < -0.4 is 0 Å². The van der Waals surface area contributed by atoms with E-state index in [2.05, 4.69) is 19.9 Å². The van der Waals surface area contributed by atoms with Crippen molar-refractivity contribution in [3.63, 3.8) is 0 Å². The van der Waals surface area contributed by atoms with Crippen molar-refractivity contribution in [1.29, 1.82) is 0 Å². The molecule has 13 heavy (non-hydrogen) atoms. The second kappa shape index (κ2) is 3.77. The van der Waals surface area contributed by atoms with Crippen molar-refractivity contribution in [3.05, 3.63) is 23.8 Å². The van der Waals surface area contributed by atoms with Crippen LogP contribution in [0.15, 0.2) is 23.8 Å². The average molecular weight is 180 g/mol. The molecule has 0 N–H and O–H groups in total. The van der Waals surface area contributed by atoms with Gasteiger partial charge in [-0.25, -0.2) is 0 Å². The molecule has 2 heteroatoms. The lowest BCUT2D eigenvalue weighted by atomic mass is 9.82. The molecule has 0 heterocycles. The molecule has 0 bridgehead atoms. The summed E-state index contributed by atoms with van der Waals surface area (Å²) in [6.07, 6.45) is 7.19. The number of hydrogen-bond acceptors (Lipinski definition) is 2. The summed E-state index contributed by atoms with van der Waals surface area (Å²) < 4.78 is 4.93. The largest absolute Gasteiger partial charge is 0.461 e. The number of ether oxygens (including phenoxy) is 1. The predicted octanol–water partition coefficient (Wildman–Crippen LogP) is 2.46. The summed E-state index contributed by atoms with van der Waals surface area (Å²) in [6, 6.07) is 0. The molecule has 0 amide bonds. The Morgan fingerprint density at radius 2 is 2.31 bits per heavy atom. The van der Waals surface area contributed by atoms with Gasteiger partial charge in [0.1, 0.15) is 6.61 Å². The van der Waals surface area contributed by atoms with Crippen LogP contribution in [0.4, 0.5) is 0 Å². The molecule has 0 fully saturated rings. The summed E-state index contributed by atoms with van der Waals surface area (Å²) in [5.41, 5.74) is 1.38. The van der Waals surface area contributed by atoms with Crippen molar-refractivity contribution in [2.75, 3.05) is 6.61 Å². The van der Waals surface area contributed by atoms with Gasteiger partial charge >= 0.3 is 5.97 Å². The Labute approximate surface area is 79.3 Å². The van der Waals surface area contributed by atoms with E-state index in [9.17, 15) is 4.79 Å². The lowest BCUT2D eigenvalue weighted by molar-refractivity contribution is -0.140. The Balaban J connectivity index is 2.48. The molecule has 0 saturated heterocycles. The van der Waals surface area contributed by atoms with Gasteiger partial charge in [-0.1, -0.05) is 32.1 Å². The van der Waals surface area contributed by atoms with Gasteiger partial charge in [0.05, 0.1) is 0 Å². The quantitative estimate of drug-likeness (QED) is 0.610. The first-order valence-electron chi connectivity index (χ1n) is 4.50. The van der Waals surface area contributed by atoms with Crippen LogP contribution in [0.2, 0.25) is 0 Å². The number of rotatable bonds is 2. The third kappa shape index (κ3) is 3.45. The summed E-state index contributed by atoms with van der Waals surface area (Å²) >= 11 is 0. The molecule has 2 nitrogen and oxygen atoms in total. The Kier molecular flexibility index (Phi) is 2.91. The summed E-state index contributed by atoms with van der Waals surface area (Å²) in [7, 11) is 0. The fraction of sp³-hybridized carbons (Fsp3) is 0.545. The number of carbonyl (C=O) groups excluding carboxylic acids is 1. The highest BCUT2D eigenvalue weighted by Gasteiger charge is 2.18. The monoisotopic (exact) mass is 180 g/mol. The van der Waals surface area contributed by atoms with Gasteiger partial charge < -0.3 is 4.74 Å². The smallest absolute Gasteiger partial charge is 0.302 e. The molecule has 0 saturated carbocycles. The number of allylic oxidation sites excluding steroid dienone is 3. The summed E-state index contributed by atoms with van der Waals surface area (Å²) in [4.78, 5) is 10.6. The molecule has 0 radical (unpaired) electrons. The molecule has 0 aromatic rings. The van der Waals surface area contributed by atoms with E-state index in [0.29, 0.717) is 6.61 Å². The van der Waals surface area contributed by atoms with Crippen molar-refractivity contribution in [2.24, 2.45) is 5.41 Å². The van der Waals surface area contributed by atoms with Crippen LogP contribution in [0, 0.1) is 5.41 Å². The van der Waals surface area contributed by atoms with Gasteiger partial charge in [0, 0.05) is 6.92 Å². The minimum atomic E-state index is -0.215. The minimum absolute atomic E-state index is 0.199. The Morgan fingerprint density at radius 1 is 1.62 bits per heavy atom. The van der Waals surface area contributed by atoms with E-state index in [1.807, 2.05) is 12.2 Å². The fourth-order valence-corrected chi connectivity index (χ4v) is 1.44. The highest BCUT2D eigenvalue weighted by Crippen LogP contribution is 2.30. The Hall–Kier alpha value is -1.05. The van der Waals surface area contributed by atoms with E-state index in [-0.39, 0.29) is 11.4 Å². The first kappa shape index (κ1) is 10.0. The lowest BCUT2D eigenvalue weighted by Crippen LogP contribution is -2.15. The number of carbonyl (C=O) groups is 1. The van der Waals surface area contributed by atoms with Crippen LogP contribution in [0.5, 0.6) is 0 Å². The third-order valence-electron chi connectivity index (χ3n) is 2.02. The van der Waals surface area contributed by atoms with Crippen molar-refractivity contribution in [2.45, 2.75) is 27.2 Å². The minimum Gasteiger partial charge on any atom is -0.461 e. The fourth-order valence-electron chi connectivity index (χ4n) is 1.44. The SMILES string of the molecule is CC(=O)OCC1=CC=CC(C)(C)C1. The van der Waals surface area contributed by atoms with E-state index in [1.165, 1.54) is 12.5 Å². The van der Waals surface area contributed by atoms with Gasteiger partial charge in [0.15, 0.2) is 0 Å². The van der Waals surface area contributed by atoms with Crippen molar-refractivity contribution < 1.29 is 9.53 Å². The molecule has 0 aliphatic heterocycles. The molecule has 0 aromatic carbocycles. The molecule has 1 aliphatic rings. The Morgan fingerprint density at radius 3 is 2.85 bits per heavy atom. The molecule has 72 valence electrons. The van der Waals surface area contributed by atoms with E-state index in [4.69, 9.17) is 4.74 Å². The molecule has 0 unspecified atom stereocenters. The van der Waals surface area contributed by atoms with Crippen LogP contribution in [-0.2, 0) is 9.53 Å². The molecular formula is C11H16O2. The van der Waals surface area contributed by atoms with Crippen LogP contribution in [0.25, 0.3) is 0 Å². The second-order valence-electron chi connectivity index (χ2n) is 4.13. The lowest BCUT2D eigenvalue weighted by Gasteiger charge is -2.24. The van der Waals surface area contributed by atoms with Gasteiger partial charge in [-0.2, -0.15) is 0 Å². The van der Waals surface area contributed by atoms with Gasteiger partial charge in [-0.3, -0.25) is 4.79 Å². The van der Waals surface area contributed by atoms with Gasteiger partial charge in [-0.05, 0) is 17.4 Å². The molecule has 0 aromatic heterocycles. The van der Waals surface area contributed by atoms with E-state index in [0.717, 1.165) is 6.42 Å². The van der Waals surface area contributed by atoms with Crippen molar-refractivity contribution in [1.82, 2.24) is 0 Å². The zero-order valence-electron chi connectivity index (χ0n) is 8.46. The average Bonchev–Trinajstić information content (AvgIpc) is 1.99. The first-order chi connectivity index (χ1) is 5.99. The van der Waals surface area contributed by atoms with Gasteiger partial charge in [0.25, 0.3) is 0 Å².